The molecule has 1 aromatic heterocycles. The molecule has 11 aromatic rings. The number of anilines is 3. The van der Waals surface area contributed by atoms with Crippen molar-refractivity contribution < 1.29 is 0 Å². The van der Waals surface area contributed by atoms with Crippen LogP contribution in [0.25, 0.3) is 70.9 Å². The van der Waals surface area contributed by atoms with Gasteiger partial charge in [0.15, 0.2) is 0 Å². The first-order chi connectivity index (χ1) is 27.8. The highest BCUT2D eigenvalue weighted by atomic mass is 15.2. The Morgan fingerprint density at radius 3 is 1.82 bits per heavy atom. The molecule has 2 nitrogen and oxygen atoms in total. The molecule has 254 valence electrons. The molecule has 0 N–H and O–H groups in total. The van der Waals surface area contributed by atoms with Gasteiger partial charge in [-0.05, 0) is 78.8 Å². The fourth-order valence-corrected chi connectivity index (χ4v) is 11.3. The first kappa shape index (κ1) is 29.3. The van der Waals surface area contributed by atoms with Gasteiger partial charge in [0.1, 0.15) is 0 Å². The summed E-state index contributed by atoms with van der Waals surface area (Å²) < 4.78 is 2.63. The van der Waals surface area contributed by atoms with Gasteiger partial charge in [-0.25, -0.2) is 0 Å². The first-order valence-corrected chi connectivity index (χ1v) is 19.8. The molecule has 0 saturated heterocycles. The van der Waals surface area contributed by atoms with Gasteiger partial charge in [0.25, 0.3) is 0 Å². The third-order valence-corrected chi connectivity index (χ3v) is 13.3. The zero-order valence-electron chi connectivity index (χ0n) is 30.4. The van der Waals surface area contributed by atoms with Crippen LogP contribution in [0.3, 0.4) is 0 Å². The third-order valence-electron chi connectivity index (χ3n) is 13.3. The van der Waals surface area contributed by atoms with E-state index in [1.807, 2.05) is 0 Å². The Balaban J connectivity index is 1.15. The molecule has 0 unspecified atom stereocenters. The zero-order chi connectivity index (χ0) is 36.2. The van der Waals surface area contributed by atoms with Gasteiger partial charge < -0.3 is 9.47 Å². The Bertz CT molecular complexity index is 3500. The van der Waals surface area contributed by atoms with Gasteiger partial charge in [-0.2, -0.15) is 0 Å². The van der Waals surface area contributed by atoms with Crippen molar-refractivity contribution in [2.24, 2.45) is 0 Å². The van der Waals surface area contributed by atoms with Crippen LogP contribution in [0.2, 0.25) is 0 Å². The number of hydrogen-bond acceptors (Lipinski definition) is 1. The summed E-state index contributed by atoms with van der Waals surface area (Å²) in [5.41, 5.74) is 18.6. The monoisotopic (exact) mass is 704 g/mol. The standard InChI is InChI=1S/C52H30B2N2/c1-3-13-33(14-4-1)53-42-20-10-12-22-46(42)55(34-15-5-2-6-16-34)50-39-25-23-32-30-44-51(40-26-24-31(29-43(50)53)47(39)48(32)40)56-45-21-11-8-18-36(45)38-28-27-37-35-17-7-9-19-41(35)54(44)49(37)52(38)56/h1-30H. The minimum Gasteiger partial charge on any atom is -0.311 e. The number of para-hydroxylation sites is 3. The molecule has 3 aliphatic rings. The fraction of sp³-hybridized carbons (Fsp3) is 0. The predicted molar refractivity (Wildman–Crippen MR) is 240 cm³/mol. The zero-order valence-corrected chi connectivity index (χ0v) is 30.4. The van der Waals surface area contributed by atoms with Crippen LogP contribution in [-0.4, -0.2) is 18.0 Å². The Morgan fingerprint density at radius 1 is 0.393 bits per heavy atom. The number of hydrogen-bond donors (Lipinski definition) is 0. The number of rotatable bonds is 2. The van der Waals surface area contributed by atoms with E-state index in [0.717, 1.165) is 0 Å². The highest BCUT2D eigenvalue weighted by molar-refractivity contribution is 7.02. The molecule has 4 heteroatoms. The highest BCUT2D eigenvalue weighted by Gasteiger charge is 2.42. The van der Waals surface area contributed by atoms with Gasteiger partial charge in [-0.15, -0.1) is 0 Å². The molecular weight excluding hydrogens is 674 g/mol. The minimum atomic E-state index is 0.102. The maximum atomic E-state index is 2.63. The van der Waals surface area contributed by atoms with Gasteiger partial charge in [0.05, 0.1) is 5.52 Å². The number of fused-ring (bicyclic) bond motifs is 13. The summed E-state index contributed by atoms with van der Waals surface area (Å²) in [5.74, 6) is 0. The summed E-state index contributed by atoms with van der Waals surface area (Å²) in [6.07, 6.45) is 0. The third kappa shape index (κ3) is 3.48. The van der Waals surface area contributed by atoms with Crippen molar-refractivity contribution in [2.75, 3.05) is 4.90 Å². The van der Waals surface area contributed by atoms with E-state index in [4.69, 9.17) is 0 Å². The van der Waals surface area contributed by atoms with E-state index in [0.29, 0.717) is 0 Å². The van der Waals surface area contributed by atoms with E-state index in [1.54, 1.807) is 0 Å². The maximum Gasteiger partial charge on any atom is 0.248 e. The molecule has 4 heterocycles. The topological polar surface area (TPSA) is 8.17 Å². The van der Waals surface area contributed by atoms with Crippen LogP contribution in [0.4, 0.5) is 17.1 Å². The molecular formula is C52H30B2N2. The van der Waals surface area contributed by atoms with Crippen LogP contribution in [0.1, 0.15) is 0 Å². The Kier molecular flexibility index (Phi) is 5.44. The summed E-state index contributed by atoms with van der Waals surface area (Å²) in [7, 11) is 0. The van der Waals surface area contributed by atoms with E-state index in [1.165, 1.54) is 121 Å². The molecule has 3 aliphatic heterocycles. The number of benzene rings is 10. The first-order valence-electron chi connectivity index (χ1n) is 19.8. The largest absolute Gasteiger partial charge is 0.311 e. The van der Waals surface area contributed by atoms with Crippen molar-refractivity contribution in [3.63, 3.8) is 0 Å². The second-order valence-electron chi connectivity index (χ2n) is 15.9. The van der Waals surface area contributed by atoms with Crippen molar-refractivity contribution in [2.45, 2.75) is 0 Å². The molecule has 0 spiro atoms. The van der Waals surface area contributed by atoms with Crippen molar-refractivity contribution in [1.29, 1.82) is 0 Å². The van der Waals surface area contributed by atoms with Crippen LogP contribution in [0.15, 0.2) is 182 Å². The summed E-state index contributed by atoms with van der Waals surface area (Å²) in [6, 6.07) is 68.7. The van der Waals surface area contributed by atoms with Crippen molar-refractivity contribution in [3.05, 3.63) is 182 Å². The lowest BCUT2D eigenvalue weighted by Crippen LogP contribution is -2.57. The predicted octanol–water partition coefficient (Wildman–Crippen LogP) is 8.79. The van der Waals surface area contributed by atoms with E-state index in [-0.39, 0.29) is 13.4 Å². The van der Waals surface area contributed by atoms with E-state index in [2.05, 4.69) is 191 Å². The minimum absolute atomic E-state index is 0.102. The summed E-state index contributed by atoms with van der Waals surface area (Å²) in [4.78, 5) is 2.53. The van der Waals surface area contributed by atoms with Gasteiger partial charge in [-0.1, -0.05) is 169 Å². The van der Waals surface area contributed by atoms with Crippen molar-refractivity contribution in [1.82, 2.24) is 4.57 Å². The Hall–Kier alpha value is -7.03. The average Bonchev–Trinajstić information content (AvgIpc) is 3.78. The molecule has 0 fully saturated rings. The van der Waals surface area contributed by atoms with Gasteiger partial charge in [-0.3, -0.25) is 0 Å². The highest BCUT2D eigenvalue weighted by Crippen LogP contribution is 2.47. The fourth-order valence-electron chi connectivity index (χ4n) is 11.3. The molecule has 0 saturated carbocycles. The Morgan fingerprint density at radius 2 is 1.02 bits per heavy atom. The number of nitrogens with zero attached hydrogens (tertiary/aromatic N) is 2. The SMILES string of the molecule is c1ccc(B2c3ccccc3N(c3ccccc3)c3c2cc2ccc4c5c(cc6ccc3c2c64)B2c3ccccc3-c3ccc4c6ccccc6n-5c4c32)cc1. The van der Waals surface area contributed by atoms with Crippen LogP contribution in [-0.2, 0) is 0 Å². The average molecular weight is 704 g/mol. The quantitative estimate of drug-likeness (QED) is 0.129. The molecule has 0 bridgehead atoms. The van der Waals surface area contributed by atoms with Crippen molar-refractivity contribution >= 4 is 117 Å². The molecule has 10 aromatic carbocycles. The molecule has 0 aliphatic carbocycles. The van der Waals surface area contributed by atoms with Crippen molar-refractivity contribution in [3.8, 4) is 16.8 Å². The molecule has 0 amide bonds. The number of aromatic nitrogens is 1. The van der Waals surface area contributed by atoms with Crippen LogP contribution >= 0.6 is 0 Å². The van der Waals surface area contributed by atoms with Crippen LogP contribution in [0, 0.1) is 0 Å². The smallest absolute Gasteiger partial charge is 0.248 e. The maximum absolute atomic E-state index is 2.63. The van der Waals surface area contributed by atoms with Gasteiger partial charge in [0, 0.05) is 49.8 Å². The molecule has 56 heavy (non-hydrogen) atoms. The van der Waals surface area contributed by atoms with E-state index >= 15 is 0 Å². The second kappa shape index (κ2) is 10.4. The summed E-state index contributed by atoms with van der Waals surface area (Å²) in [6.45, 7) is 0.285. The molecule has 14 rings (SSSR count). The molecule has 0 radical (unpaired) electrons. The molecule has 0 atom stereocenters. The normalized spacial score (nSPS) is 13.6. The summed E-state index contributed by atoms with van der Waals surface area (Å²) >= 11 is 0. The summed E-state index contributed by atoms with van der Waals surface area (Å²) in [5, 5.41) is 10.6. The Labute approximate surface area is 324 Å². The van der Waals surface area contributed by atoms with E-state index in [9.17, 15) is 0 Å². The second-order valence-corrected chi connectivity index (χ2v) is 15.9. The lowest BCUT2D eigenvalue weighted by Gasteiger charge is -2.38. The van der Waals surface area contributed by atoms with Gasteiger partial charge in [0.2, 0.25) is 13.4 Å². The lowest BCUT2D eigenvalue weighted by atomic mass is 9.35. The van der Waals surface area contributed by atoms with Crippen LogP contribution < -0.4 is 37.7 Å². The lowest BCUT2D eigenvalue weighted by molar-refractivity contribution is 1.21. The van der Waals surface area contributed by atoms with E-state index < -0.39 is 0 Å². The van der Waals surface area contributed by atoms with Gasteiger partial charge >= 0.3 is 0 Å². The van der Waals surface area contributed by atoms with Crippen LogP contribution in [0.5, 0.6) is 0 Å².